The number of ether oxygens (including phenoxy) is 2. The maximum Gasteiger partial charge on any atom is 0.269 e. The largest absolute Gasteiger partial charge is 0.756 e. The van der Waals surface area contributed by atoms with E-state index in [0.717, 1.165) is 40.0 Å². The summed E-state index contributed by atoms with van der Waals surface area (Å²) in [7, 11) is 4.51. The highest BCUT2D eigenvalue weighted by atomic mass is 35.5. The van der Waals surface area contributed by atoms with Gasteiger partial charge in [-0.3, -0.25) is 18.7 Å². The van der Waals surface area contributed by atoms with Crippen molar-refractivity contribution in [3.63, 3.8) is 0 Å². The van der Waals surface area contributed by atoms with Crippen LogP contribution >= 0.6 is 31.0 Å². The summed E-state index contributed by atoms with van der Waals surface area (Å²) >= 11 is 12.0. The van der Waals surface area contributed by atoms with Gasteiger partial charge < -0.3 is 38.8 Å². The van der Waals surface area contributed by atoms with Crippen LogP contribution in [0.2, 0.25) is 0 Å². The summed E-state index contributed by atoms with van der Waals surface area (Å²) in [4.78, 5) is 49.3. The number of phosphoric ester groups is 1. The number of hydrogen-bond acceptors (Lipinski definition) is 14. The number of rotatable bonds is 19. The van der Waals surface area contributed by atoms with Gasteiger partial charge in [-0.2, -0.15) is 0 Å². The Bertz CT molecular complexity index is 2840. The number of hydrogen-bond donors (Lipinski definition) is 1. The lowest BCUT2D eigenvalue weighted by molar-refractivity contribution is -0.231. The molecule has 2 aliphatic rings. The Balaban J connectivity index is 1.05. The number of allylic oxidation sites excluding steroid dienone is 4. The summed E-state index contributed by atoms with van der Waals surface area (Å²) in [5, 5.41) is 11.7. The van der Waals surface area contributed by atoms with E-state index in [-0.39, 0.29) is 22.3 Å². The molecule has 0 amide bonds. The summed E-state index contributed by atoms with van der Waals surface area (Å²) in [6.07, 6.45) is 7.57. The van der Waals surface area contributed by atoms with Gasteiger partial charge in [0.15, 0.2) is 17.3 Å². The number of carbonyl (C=O) groups excluding carboxylic acids is 2. The van der Waals surface area contributed by atoms with Gasteiger partial charge in [0, 0.05) is 82.0 Å². The van der Waals surface area contributed by atoms with Crippen molar-refractivity contribution in [3.05, 3.63) is 183 Å². The normalized spacial score (nSPS) is 15.0. The van der Waals surface area contributed by atoms with E-state index in [1.807, 2.05) is 159 Å². The Kier molecular flexibility index (Phi) is 16.6. The maximum atomic E-state index is 13.5. The van der Waals surface area contributed by atoms with E-state index in [4.69, 9.17) is 46.9 Å². The number of oxime groups is 1. The molecule has 0 aromatic heterocycles. The molecule has 0 saturated heterocycles. The van der Waals surface area contributed by atoms with Crippen molar-refractivity contribution in [1.82, 2.24) is 0 Å². The number of aliphatic imine (C=N–C) groups is 1. The lowest BCUT2D eigenvalue weighted by Crippen LogP contribution is -2.31. The first kappa shape index (κ1) is 51.1. The summed E-state index contributed by atoms with van der Waals surface area (Å²) in [6.45, 7) is 0.649. The number of Topliss-reactive ketones (excluding diaryl/α,β-unsaturated/α-hetero) is 2. The third-order valence-corrected chi connectivity index (χ3v) is 12.9. The van der Waals surface area contributed by atoms with E-state index >= 15 is 0 Å². The van der Waals surface area contributed by atoms with Gasteiger partial charge in [0.1, 0.15) is 18.8 Å². The van der Waals surface area contributed by atoms with Crippen molar-refractivity contribution < 1.29 is 42.8 Å². The van der Waals surface area contributed by atoms with Crippen molar-refractivity contribution in [1.29, 1.82) is 0 Å². The molecule has 362 valence electrons. The zero-order chi connectivity index (χ0) is 50.0. The number of anilines is 3. The van der Waals surface area contributed by atoms with Crippen molar-refractivity contribution in [3.8, 4) is 0 Å². The zero-order valence-corrected chi connectivity index (χ0v) is 41.5. The molecule has 7 rings (SSSR count). The van der Waals surface area contributed by atoms with Gasteiger partial charge in [-0.25, -0.2) is 4.99 Å². The van der Waals surface area contributed by atoms with Gasteiger partial charge in [-0.1, -0.05) is 95.1 Å². The minimum absolute atomic E-state index is 0.00317. The van der Waals surface area contributed by atoms with Gasteiger partial charge in [-0.15, -0.1) is 0 Å². The average Bonchev–Trinajstić information content (AvgIpc) is 3.36. The summed E-state index contributed by atoms with van der Waals surface area (Å²) in [5.41, 5.74) is 5.94. The molecule has 0 saturated carbocycles. The number of halogens is 2. The first-order valence-electron chi connectivity index (χ1n) is 22.1. The van der Waals surface area contributed by atoms with Gasteiger partial charge >= 0.3 is 0 Å². The van der Waals surface area contributed by atoms with Crippen LogP contribution in [0.5, 0.6) is 0 Å². The SMILES string of the molecule is CN(C)c1ccc(C(C=Cc2ccc(N(C)CCC(=O)c3ccc(C4=C(c5ccc(N=C6C=C(Cl)C(=O)C(Cl)=C6)cc5)OCCO4)cc3)cc2)(OP(=O)([O-])OC/C=N/O)c2ccc(N(C)C)cc2)cc1. The van der Waals surface area contributed by atoms with Crippen LogP contribution in [0.15, 0.2) is 160 Å². The third kappa shape index (κ3) is 12.5. The molecule has 1 aliphatic heterocycles. The average molecular weight is 1000 g/mol. The molecule has 5 aromatic rings. The zero-order valence-electron chi connectivity index (χ0n) is 39.1. The van der Waals surface area contributed by atoms with Crippen LogP contribution in [0.1, 0.15) is 44.6 Å². The molecule has 1 aliphatic carbocycles. The highest BCUT2D eigenvalue weighted by Crippen LogP contribution is 2.51. The minimum Gasteiger partial charge on any atom is -0.756 e. The van der Waals surface area contributed by atoms with Gasteiger partial charge in [0.2, 0.25) is 5.78 Å². The lowest BCUT2D eigenvalue weighted by atomic mass is 9.85. The van der Waals surface area contributed by atoms with Crippen molar-refractivity contribution in [2.45, 2.75) is 12.0 Å². The van der Waals surface area contributed by atoms with Gasteiger partial charge in [-0.05, 0) is 95.6 Å². The highest BCUT2D eigenvalue weighted by molar-refractivity contribution is 7.46. The molecule has 14 nitrogen and oxygen atoms in total. The molecule has 0 fully saturated rings. The van der Waals surface area contributed by atoms with Gasteiger partial charge in [0.05, 0.1) is 34.3 Å². The Morgan fingerprint density at radius 2 is 1.26 bits per heavy atom. The number of benzene rings is 5. The fourth-order valence-electron chi connectivity index (χ4n) is 7.57. The Morgan fingerprint density at radius 1 is 0.757 bits per heavy atom. The van der Waals surface area contributed by atoms with E-state index in [1.165, 1.54) is 12.2 Å². The van der Waals surface area contributed by atoms with Crippen LogP contribution in [0.25, 0.3) is 17.6 Å². The molecule has 70 heavy (non-hydrogen) atoms. The third-order valence-electron chi connectivity index (χ3n) is 11.4. The van der Waals surface area contributed by atoms with Crippen LogP contribution in [-0.2, 0) is 33.5 Å². The van der Waals surface area contributed by atoms with Gasteiger partial charge in [0.25, 0.3) is 7.82 Å². The smallest absolute Gasteiger partial charge is 0.269 e. The second-order valence-corrected chi connectivity index (χ2v) is 18.7. The molecular weight excluding hydrogens is 952 g/mol. The number of nitrogens with zero attached hydrogens (tertiary/aromatic N) is 5. The van der Waals surface area contributed by atoms with Crippen molar-refractivity contribution in [2.24, 2.45) is 10.1 Å². The molecule has 0 radical (unpaired) electrons. The first-order chi connectivity index (χ1) is 33.6. The van der Waals surface area contributed by atoms with E-state index in [1.54, 1.807) is 24.3 Å². The molecule has 0 spiro atoms. The second kappa shape index (κ2) is 22.8. The van der Waals surface area contributed by atoms with E-state index in [9.17, 15) is 19.0 Å². The topological polar surface area (TPSA) is 166 Å². The van der Waals surface area contributed by atoms with Crippen LogP contribution in [-0.4, -0.2) is 90.3 Å². The maximum absolute atomic E-state index is 13.5. The van der Waals surface area contributed by atoms with Crippen molar-refractivity contribution >= 4 is 94.9 Å². The Labute approximate surface area is 417 Å². The molecular formula is C53H51Cl2N5O9P-. The predicted molar refractivity (Wildman–Crippen MR) is 277 cm³/mol. The highest BCUT2D eigenvalue weighted by Gasteiger charge is 2.38. The van der Waals surface area contributed by atoms with E-state index in [0.29, 0.717) is 59.4 Å². The predicted octanol–water partition coefficient (Wildman–Crippen LogP) is 10.2. The standard InChI is InChI=1S/C53H52Cl2N5O9P/c1-58(2)44-22-14-40(15-23-44)53(69-70(64,65)68-31-29-56-63,41-16-24-45(25-17-41)59(3)4)28-26-36-6-20-46(21-7-36)60(5)30-27-49(61)37-8-10-38(11-9-37)51-52(67-33-32-66-51)39-12-18-42(19-13-39)57-43-34-47(54)50(62)48(55)35-43/h6-26,28-29,34-35,63H,27,30-33H2,1-5H3,(H,64,65)/p-1/b28-26?,56-29+. The first-order valence-corrected chi connectivity index (χ1v) is 24.3. The molecule has 5 aromatic carbocycles. The fourth-order valence-corrected chi connectivity index (χ4v) is 8.97. The van der Waals surface area contributed by atoms with Crippen molar-refractivity contribution in [2.75, 3.05) is 76.3 Å². The van der Waals surface area contributed by atoms with E-state index in [2.05, 4.69) is 10.1 Å². The Morgan fingerprint density at radius 3 is 1.76 bits per heavy atom. The second-order valence-electron chi connectivity index (χ2n) is 16.6. The lowest BCUT2D eigenvalue weighted by Gasteiger charge is -2.38. The number of ketones is 2. The quantitative estimate of drug-likeness (QED) is 0.0208. The Hall–Kier alpha value is -6.77. The summed E-state index contributed by atoms with van der Waals surface area (Å²) in [5.74, 6) is 0.637. The fraction of sp³-hybridized carbons (Fsp3) is 0.208. The van der Waals surface area contributed by atoms with E-state index < -0.39 is 25.8 Å². The molecule has 17 heteroatoms. The molecule has 1 atom stereocenters. The van der Waals surface area contributed by atoms with Crippen LogP contribution in [0, 0.1) is 0 Å². The summed E-state index contributed by atoms with van der Waals surface area (Å²) in [6, 6.07) is 37.0. The number of phosphoric acid groups is 1. The molecule has 1 N–H and O–H groups in total. The van der Waals surface area contributed by atoms with Crippen LogP contribution in [0.4, 0.5) is 22.7 Å². The van der Waals surface area contributed by atoms with Crippen LogP contribution < -0.4 is 19.6 Å². The molecule has 1 unspecified atom stereocenters. The minimum atomic E-state index is -5.04. The monoisotopic (exact) mass is 1000 g/mol. The molecule has 0 bridgehead atoms. The van der Waals surface area contributed by atoms with Crippen LogP contribution in [0.3, 0.4) is 0 Å². The molecule has 1 heterocycles. The number of carbonyl (C=O) groups is 2. The summed E-state index contributed by atoms with van der Waals surface area (Å²) < 4.78 is 36.8.